The van der Waals surface area contributed by atoms with Crippen LogP contribution in [0.15, 0.2) is 57.8 Å². The molecule has 0 aliphatic rings. The van der Waals surface area contributed by atoms with Crippen LogP contribution < -0.4 is 4.90 Å². The zero-order valence-corrected chi connectivity index (χ0v) is 16.2. The number of carboxylic acid groups (broad SMARTS) is 1. The van der Waals surface area contributed by atoms with E-state index in [1.54, 1.807) is 23.9 Å². The fourth-order valence-electron chi connectivity index (χ4n) is 2.85. The van der Waals surface area contributed by atoms with Crippen molar-refractivity contribution in [3.05, 3.63) is 54.1 Å². The van der Waals surface area contributed by atoms with Crippen molar-refractivity contribution in [2.24, 2.45) is 0 Å². The number of para-hydroxylation sites is 2. The van der Waals surface area contributed by atoms with E-state index >= 15 is 0 Å². The van der Waals surface area contributed by atoms with Gasteiger partial charge in [-0.1, -0.05) is 37.6 Å². The van der Waals surface area contributed by atoms with Gasteiger partial charge in [0.2, 0.25) is 0 Å². The lowest BCUT2D eigenvalue weighted by Crippen LogP contribution is -2.26. The maximum atomic E-state index is 11.3. The number of hydrogen-bond donors (Lipinski definition) is 1. The van der Waals surface area contributed by atoms with E-state index in [0.717, 1.165) is 54.1 Å². The molecule has 1 heterocycles. The molecule has 0 bridgehead atoms. The highest BCUT2D eigenvalue weighted by Crippen LogP contribution is 2.25. The summed E-state index contributed by atoms with van der Waals surface area (Å²) in [6.45, 7) is 3.90. The molecule has 0 aliphatic carbocycles. The van der Waals surface area contributed by atoms with Crippen LogP contribution in [0.2, 0.25) is 0 Å². The van der Waals surface area contributed by atoms with E-state index < -0.39 is 5.97 Å². The van der Waals surface area contributed by atoms with E-state index in [1.807, 2.05) is 36.4 Å². The first-order chi connectivity index (χ1) is 13.2. The van der Waals surface area contributed by atoms with Crippen molar-refractivity contribution >= 4 is 34.8 Å². The highest BCUT2D eigenvalue weighted by Gasteiger charge is 2.14. The molecule has 0 amide bonds. The van der Waals surface area contributed by atoms with E-state index in [0.29, 0.717) is 11.6 Å². The summed E-state index contributed by atoms with van der Waals surface area (Å²) in [6.07, 6.45) is 3.10. The number of fused-ring (bicyclic) bond motifs is 1. The summed E-state index contributed by atoms with van der Waals surface area (Å²) in [5, 5.41) is 9.28. The summed E-state index contributed by atoms with van der Waals surface area (Å²) in [7, 11) is 0. The minimum Gasteiger partial charge on any atom is -0.478 e. The third kappa shape index (κ3) is 5.04. The van der Waals surface area contributed by atoms with Crippen LogP contribution in [0.25, 0.3) is 11.1 Å². The molecule has 0 unspecified atom stereocenters. The quantitative estimate of drug-likeness (QED) is 0.377. The Balaban J connectivity index is 1.61. The van der Waals surface area contributed by atoms with Gasteiger partial charge >= 0.3 is 5.97 Å². The number of carbonyl (C=O) groups is 1. The van der Waals surface area contributed by atoms with E-state index in [2.05, 4.69) is 16.8 Å². The summed E-state index contributed by atoms with van der Waals surface area (Å²) in [4.78, 5) is 18.9. The monoisotopic (exact) mass is 384 g/mol. The molecule has 1 N–H and O–H groups in total. The van der Waals surface area contributed by atoms with Gasteiger partial charge in [0.05, 0.1) is 5.56 Å². The van der Waals surface area contributed by atoms with Gasteiger partial charge in [-0.05, 0) is 42.9 Å². The predicted molar refractivity (Wildman–Crippen MR) is 110 cm³/mol. The van der Waals surface area contributed by atoms with Crippen LogP contribution >= 0.6 is 11.8 Å². The largest absolute Gasteiger partial charge is 0.478 e. The van der Waals surface area contributed by atoms with E-state index in [1.165, 1.54) is 0 Å². The molecule has 3 rings (SSSR count). The van der Waals surface area contributed by atoms with Gasteiger partial charge in [-0.25, -0.2) is 4.79 Å². The first-order valence-corrected chi connectivity index (χ1v) is 10.2. The van der Waals surface area contributed by atoms with Crippen molar-refractivity contribution in [3.63, 3.8) is 0 Å². The van der Waals surface area contributed by atoms with Gasteiger partial charge in [-0.15, -0.1) is 11.8 Å². The zero-order chi connectivity index (χ0) is 19.1. The molecule has 0 spiro atoms. The van der Waals surface area contributed by atoms with Crippen LogP contribution in [0, 0.1) is 0 Å². The van der Waals surface area contributed by atoms with E-state index in [-0.39, 0.29) is 0 Å². The molecule has 3 aromatic rings. The average molecular weight is 385 g/mol. The van der Waals surface area contributed by atoms with Crippen molar-refractivity contribution < 1.29 is 14.3 Å². The van der Waals surface area contributed by atoms with Crippen LogP contribution in [-0.2, 0) is 0 Å². The lowest BCUT2D eigenvalue weighted by molar-refractivity contribution is 0.0693. The van der Waals surface area contributed by atoms with Crippen molar-refractivity contribution in [1.29, 1.82) is 0 Å². The van der Waals surface area contributed by atoms with Gasteiger partial charge in [0, 0.05) is 18.0 Å². The van der Waals surface area contributed by atoms with Crippen LogP contribution in [0.1, 0.15) is 36.5 Å². The second kappa shape index (κ2) is 9.46. The molecule has 1 aromatic heterocycles. The lowest BCUT2D eigenvalue weighted by Gasteiger charge is -2.20. The SMILES string of the molecule is CCCCN(CCCSc1ccccc1C(=O)O)c1nc2ccccc2o1. The smallest absolute Gasteiger partial charge is 0.336 e. The predicted octanol–water partition coefficient (Wildman–Crippen LogP) is 5.31. The Morgan fingerprint density at radius 3 is 2.63 bits per heavy atom. The van der Waals surface area contributed by atoms with E-state index in [4.69, 9.17) is 4.42 Å². The number of aromatic carboxylic acids is 1. The Morgan fingerprint density at radius 1 is 1.11 bits per heavy atom. The maximum Gasteiger partial charge on any atom is 0.336 e. The third-order valence-corrected chi connectivity index (χ3v) is 5.44. The van der Waals surface area contributed by atoms with Crippen molar-refractivity contribution in [2.75, 3.05) is 23.7 Å². The highest BCUT2D eigenvalue weighted by molar-refractivity contribution is 7.99. The minimum atomic E-state index is -0.880. The summed E-state index contributed by atoms with van der Waals surface area (Å²) >= 11 is 1.58. The molecule has 5 nitrogen and oxygen atoms in total. The first-order valence-electron chi connectivity index (χ1n) is 9.24. The molecule has 142 valence electrons. The lowest BCUT2D eigenvalue weighted by atomic mass is 10.2. The van der Waals surface area contributed by atoms with Gasteiger partial charge in [0.15, 0.2) is 5.58 Å². The molecule has 0 radical (unpaired) electrons. The maximum absolute atomic E-state index is 11.3. The first kappa shape index (κ1) is 19.3. The molecule has 0 aliphatic heterocycles. The molecular formula is C21H24N2O3S. The second-order valence-electron chi connectivity index (χ2n) is 6.31. The number of unbranched alkanes of at least 4 members (excludes halogenated alkanes) is 1. The van der Waals surface area contributed by atoms with Gasteiger partial charge in [-0.2, -0.15) is 4.98 Å². The Morgan fingerprint density at radius 2 is 1.85 bits per heavy atom. The van der Waals surface area contributed by atoms with Gasteiger partial charge in [-0.3, -0.25) is 0 Å². The zero-order valence-electron chi connectivity index (χ0n) is 15.4. The summed E-state index contributed by atoms with van der Waals surface area (Å²) in [5.74, 6) is -0.0400. The normalized spacial score (nSPS) is 11.0. The van der Waals surface area contributed by atoms with Crippen molar-refractivity contribution in [2.45, 2.75) is 31.1 Å². The number of oxazole rings is 1. The van der Waals surface area contributed by atoms with Crippen molar-refractivity contribution in [1.82, 2.24) is 4.98 Å². The number of aromatic nitrogens is 1. The Bertz CT molecular complexity index is 861. The standard InChI is InChI=1S/C21H24N2O3S/c1-2-3-13-23(21-22-17-10-5-6-11-18(17)26-21)14-8-15-27-19-12-7-4-9-16(19)20(24)25/h4-7,9-12H,2-3,8,13-15H2,1H3,(H,24,25). The third-order valence-electron chi connectivity index (χ3n) is 4.28. The topological polar surface area (TPSA) is 66.6 Å². The highest BCUT2D eigenvalue weighted by atomic mass is 32.2. The minimum absolute atomic E-state index is 0.365. The number of nitrogens with zero attached hydrogens (tertiary/aromatic N) is 2. The van der Waals surface area contributed by atoms with Crippen LogP contribution in [-0.4, -0.2) is 34.9 Å². The number of rotatable bonds is 10. The molecule has 0 saturated carbocycles. The Hall–Kier alpha value is -2.47. The summed E-state index contributed by atoms with van der Waals surface area (Å²) < 4.78 is 5.92. The van der Waals surface area contributed by atoms with E-state index in [9.17, 15) is 9.90 Å². The van der Waals surface area contributed by atoms with Crippen molar-refractivity contribution in [3.8, 4) is 0 Å². The molecule has 0 saturated heterocycles. The molecule has 27 heavy (non-hydrogen) atoms. The molecule has 6 heteroatoms. The van der Waals surface area contributed by atoms with Gasteiger partial charge < -0.3 is 14.4 Å². The fraction of sp³-hybridized carbons (Fsp3) is 0.333. The van der Waals surface area contributed by atoms with Crippen LogP contribution in [0.4, 0.5) is 6.01 Å². The Kier molecular flexibility index (Phi) is 6.76. The van der Waals surface area contributed by atoms with Gasteiger partial charge in [0.25, 0.3) is 6.01 Å². The molecular weight excluding hydrogens is 360 g/mol. The number of thioether (sulfide) groups is 1. The average Bonchev–Trinajstić information content (AvgIpc) is 3.11. The second-order valence-corrected chi connectivity index (χ2v) is 7.44. The molecule has 0 fully saturated rings. The van der Waals surface area contributed by atoms with Crippen LogP contribution in [0.5, 0.6) is 0 Å². The molecule has 0 atom stereocenters. The number of carboxylic acids is 1. The Labute approximate surface area is 163 Å². The number of anilines is 1. The summed E-state index contributed by atoms with van der Waals surface area (Å²) in [6, 6.07) is 15.6. The van der Waals surface area contributed by atoms with Gasteiger partial charge in [0.1, 0.15) is 5.52 Å². The molecule has 2 aromatic carbocycles. The van der Waals surface area contributed by atoms with Crippen LogP contribution in [0.3, 0.4) is 0 Å². The fourth-order valence-corrected chi connectivity index (χ4v) is 3.83. The number of benzene rings is 2. The summed E-state index contributed by atoms with van der Waals surface area (Å²) in [5.41, 5.74) is 2.04. The number of hydrogen-bond acceptors (Lipinski definition) is 5.